The second-order valence-electron chi connectivity index (χ2n) is 5.28. The SMILES string of the molecule is COc1cccc2cc(CNC3CCCC3OC)oc12. The fourth-order valence-electron chi connectivity index (χ4n) is 3.01. The third kappa shape index (κ3) is 2.53. The van der Waals surface area contributed by atoms with Crippen molar-refractivity contribution in [2.24, 2.45) is 0 Å². The van der Waals surface area contributed by atoms with Gasteiger partial charge in [-0.2, -0.15) is 0 Å². The van der Waals surface area contributed by atoms with Crippen LogP contribution < -0.4 is 10.1 Å². The van der Waals surface area contributed by atoms with Crippen LogP contribution in [0.5, 0.6) is 5.75 Å². The predicted molar refractivity (Wildman–Crippen MR) is 78.0 cm³/mol. The second kappa shape index (κ2) is 5.85. The molecule has 1 aromatic carbocycles. The van der Waals surface area contributed by atoms with E-state index in [0.717, 1.165) is 35.4 Å². The molecule has 0 radical (unpaired) electrons. The van der Waals surface area contributed by atoms with Crippen LogP contribution in [-0.2, 0) is 11.3 Å². The molecule has 0 amide bonds. The van der Waals surface area contributed by atoms with Gasteiger partial charge in [-0.25, -0.2) is 0 Å². The number of para-hydroxylation sites is 1. The summed E-state index contributed by atoms with van der Waals surface area (Å²) >= 11 is 0. The Kier molecular flexibility index (Phi) is 3.94. The molecular formula is C16H21NO3. The van der Waals surface area contributed by atoms with E-state index in [2.05, 4.69) is 11.4 Å². The van der Waals surface area contributed by atoms with Gasteiger partial charge in [-0.15, -0.1) is 0 Å². The number of nitrogens with one attached hydrogen (secondary N) is 1. The van der Waals surface area contributed by atoms with Crippen LogP contribution in [0.2, 0.25) is 0 Å². The van der Waals surface area contributed by atoms with Crippen molar-refractivity contribution in [3.05, 3.63) is 30.0 Å². The number of hydrogen-bond donors (Lipinski definition) is 1. The van der Waals surface area contributed by atoms with Crippen LogP contribution in [0.1, 0.15) is 25.0 Å². The molecule has 20 heavy (non-hydrogen) atoms. The Hall–Kier alpha value is -1.52. The van der Waals surface area contributed by atoms with E-state index >= 15 is 0 Å². The summed E-state index contributed by atoms with van der Waals surface area (Å²) < 4.78 is 16.7. The maximum Gasteiger partial charge on any atom is 0.176 e. The van der Waals surface area contributed by atoms with Crippen LogP contribution in [0, 0.1) is 0 Å². The Morgan fingerprint density at radius 3 is 3.00 bits per heavy atom. The zero-order valence-electron chi connectivity index (χ0n) is 12.0. The molecule has 1 N–H and O–H groups in total. The van der Waals surface area contributed by atoms with Crippen LogP contribution >= 0.6 is 0 Å². The molecular weight excluding hydrogens is 254 g/mol. The van der Waals surface area contributed by atoms with Crippen molar-refractivity contribution < 1.29 is 13.9 Å². The van der Waals surface area contributed by atoms with Crippen molar-refractivity contribution in [2.45, 2.75) is 38.0 Å². The van der Waals surface area contributed by atoms with E-state index in [9.17, 15) is 0 Å². The maximum atomic E-state index is 5.89. The van der Waals surface area contributed by atoms with Gasteiger partial charge in [0.2, 0.25) is 0 Å². The smallest absolute Gasteiger partial charge is 0.176 e. The monoisotopic (exact) mass is 275 g/mol. The van der Waals surface area contributed by atoms with Crippen molar-refractivity contribution >= 4 is 11.0 Å². The fourth-order valence-corrected chi connectivity index (χ4v) is 3.01. The minimum atomic E-state index is 0.328. The van der Waals surface area contributed by atoms with Crippen LogP contribution in [0.4, 0.5) is 0 Å². The molecule has 1 fully saturated rings. The summed E-state index contributed by atoms with van der Waals surface area (Å²) in [6, 6.07) is 8.43. The largest absolute Gasteiger partial charge is 0.493 e. The highest BCUT2D eigenvalue weighted by atomic mass is 16.5. The number of ether oxygens (including phenoxy) is 2. The molecule has 1 saturated carbocycles. The van der Waals surface area contributed by atoms with Gasteiger partial charge in [-0.1, -0.05) is 12.1 Å². The molecule has 4 heteroatoms. The molecule has 0 saturated heterocycles. The lowest BCUT2D eigenvalue weighted by molar-refractivity contribution is 0.0842. The quantitative estimate of drug-likeness (QED) is 0.910. The Balaban J connectivity index is 1.72. The van der Waals surface area contributed by atoms with Gasteiger partial charge < -0.3 is 19.2 Å². The zero-order valence-corrected chi connectivity index (χ0v) is 12.0. The molecule has 4 nitrogen and oxygen atoms in total. The second-order valence-corrected chi connectivity index (χ2v) is 5.28. The Morgan fingerprint density at radius 2 is 2.20 bits per heavy atom. The van der Waals surface area contributed by atoms with E-state index < -0.39 is 0 Å². The van der Waals surface area contributed by atoms with Crippen LogP contribution in [-0.4, -0.2) is 26.4 Å². The van der Waals surface area contributed by atoms with Crippen LogP contribution in [0.3, 0.4) is 0 Å². The number of fused-ring (bicyclic) bond motifs is 1. The molecule has 0 aliphatic heterocycles. The third-order valence-corrected chi connectivity index (χ3v) is 4.07. The van der Waals surface area contributed by atoms with E-state index in [4.69, 9.17) is 13.9 Å². The molecule has 3 rings (SSSR count). The zero-order chi connectivity index (χ0) is 13.9. The molecule has 2 aromatic rings. The molecule has 1 aliphatic rings. The van der Waals surface area contributed by atoms with Crippen LogP contribution in [0.25, 0.3) is 11.0 Å². The first kappa shape index (κ1) is 13.5. The van der Waals surface area contributed by atoms with Crippen molar-refractivity contribution in [3.63, 3.8) is 0 Å². The number of rotatable bonds is 5. The summed E-state index contributed by atoms with van der Waals surface area (Å²) in [5.74, 6) is 1.72. The summed E-state index contributed by atoms with van der Waals surface area (Å²) in [4.78, 5) is 0. The fraction of sp³-hybridized carbons (Fsp3) is 0.500. The Labute approximate surface area is 119 Å². The number of benzene rings is 1. The standard InChI is InChI=1S/C16H21NO3/c1-18-14-7-4-6-13(14)17-10-12-9-11-5-3-8-15(19-2)16(11)20-12/h3,5,8-9,13-14,17H,4,6-7,10H2,1-2H3. The molecule has 0 bridgehead atoms. The summed E-state index contributed by atoms with van der Waals surface area (Å²) in [7, 11) is 3.45. The third-order valence-electron chi connectivity index (χ3n) is 4.07. The highest BCUT2D eigenvalue weighted by Crippen LogP contribution is 2.29. The van der Waals surface area contributed by atoms with Crippen molar-refractivity contribution in [1.29, 1.82) is 0 Å². The summed E-state index contributed by atoms with van der Waals surface area (Å²) in [5, 5.41) is 4.62. The van der Waals surface area contributed by atoms with E-state index in [1.807, 2.05) is 18.2 Å². The molecule has 2 unspecified atom stereocenters. The van der Waals surface area contributed by atoms with Gasteiger partial charge in [-0.3, -0.25) is 0 Å². The molecule has 0 spiro atoms. The summed E-state index contributed by atoms with van der Waals surface area (Å²) in [6.07, 6.45) is 3.86. The van der Waals surface area contributed by atoms with E-state index in [1.54, 1.807) is 14.2 Å². The highest BCUT2D eigenvalue weighted by molar-refractivity contribution is 5.83. The number of furan rings is 1. The van der Waals surface area contributed by atoms with Crippen molar-refractivity contribution in [2.75, 3.05) is 14.2 Å². The Bertz CT molecular complexity index is 578. The topological polar surface area (TPSA) is 43.6 Å². The van der Waals surface area contributed by atoms with E-state index in [-0.39, 0.29) is 0 Å². The maximum absolute atomic E-state index is 5.89. The molecule has 1 aliphatic carbocycles. The van der Waals surface area contributed by atoms with Gasteiger partial charge in [0.25, 0.3) is 0 Å². The Morgan fingerprint density at radius 1 is 1.30 bits per heavy atom. The lowest BCUT2D eigenvalue weighted by Gasteiger charge is -2.18. The van der Waals surface area contributed by atoms with Gasteiger partial charge in [0, 0.05) is 18.5 Å². The average Bonchev–Trinajstić information content (AvgIpc) is 3.10. The van der Waals surface area contributed by atoms with Gasteiger partial charge >= 0.3 is 0 Å². The molecule has 2 atom stereocenters. The first-order valence-corrected chi connectivity index (χ1v) is 7.13. The number of hydrogen-bond acceptors (Lipinski definition) is 4. The average molecular weight is 275 g/mol. The first-order chi connectivity index (χ1) is 9.81. The van der Waals surface area contributed by atoms with Gasteiger partial charge in [0.15, 0.2) is 11.3 Å². The minimum absolute atomic E-state index is 0.328. The molecule has 1 heterocycles. The normalized spacial score (nSPS) is 22.5. The number of methoxy groups -OCH3 is 2. The molecule has 108 valence electrons. The lowest BCUT2D eigenvalue weighted by atomic mass is 10.2. The lowest BCUT2D eigenvalue weighted by Crippen LogP contribution is -2.36. The molecule has 1 aromatic heterocycles. The van der Waals surface area contributed by atoms with E-state index in [1.165, 1.54) is 12.8 Å². The van der Waals surface area contributed by atoms with Gasteiger partial charge in [-0.05, 0) is 31.4 Å². The van der Waals surface area contributed by atoms with Gasteiger partial charge in [0.05, 0.1) is 19.8 Å². The minimum Gasteiger partial charge on any atom is -0.493 e. The first-order valence-electron chi connectivity index (χ1n) is 7.13. The van der Waals surface area contributed by atoms with E-state index in [0.29, 0.717) is 12.1 Å². The predicted octanol–water partition coefficient (Wildman–Crippen LogP) is 3.10. The summed E-state index contributed by atoms with van der Waals surface area (Å²) in [5.41, 5.74) is 0.821. The van der Waals surface area contributed by atoms with Gasteiger partial charge in [0.1, 0.15) is 5.76 Å². The highest BCUT2D eigenvalue weighted by Gasteiger charge is 2.26. The van der Waals surface area contributed by atoms with Crippen LogP contribution in [0.15, 0.2) is 28.7 Å². The van der Waals surface area contributed by atoms with Crippen molar-refractivity contribution in [1.82, 2.24) is 5.32 Å². The van der Waals surface area contributed by atoms with Crippen molar-refractivity contribution in [3.8, 4) is 5.75 Å². The summed E-state index contributed by atoms with van der Waals surface area (Å²) in [6.45, 7) is 0.725.